The fraction of sp³-hybridized carbons (Fsp3) is 0.214. The summed E-state index contributed by atoms with van der Waals surface area (Å²) in [5.41, 5.74) is 0.937. The van der Waals surface area contributed by atoms with Gasteiger partial charge in [0.2, 0.25) is 5.91 Å². The molecule has 3 rings (SSSR count). The van der Waals surface area contributed by atoms with Gasteiger partial charge in [-0.25, -0.2) is 4.98 Å². The molecule has 0 saturated heterocycles. The summed E-state index contributed by atoms with van der Waals surface area (Å²) < 4.78 is 10.2. The molecular formula is C14H13N3O3S2. The number of furan rings is 1. The number of nitrogens with zero attached hydrogens (tertiary/aromatic N) is 2. The maximum atomic E-state index is 11.8. The Hall–Kier alpha value is -2.06. The number of aromatic nitrogens is 2. The summed E-state index contributed by atoms with van der Waals surface area (Å²) >= 11 is 3.02. The highest BCUT2D eigenvalue weighted by atomic mass is 32.2. The van der Waals surface area contributed by atoms with Crippen molar-refractivity contribution in [3.8, 4) is 10.8 Å². The molecule has 0 radical (unpaired) electrons. The van der Waals surface area contributed by atoms with Gasteiger partial charge < -0.3 is 14.3 Å². The van der Waals surface area contributed by atoms with Gasteiger partial charge in [0.25, 0.3) is 0 Å². The van der Waals surface area contributed by atoms with Crippen molar-refractivity contribution in [2.75, 3.05) is 11.1 Å². The molecule has 0 unspecified atom stereocenters. The van der Waals surface area contributed by atoms with Gasteiger partial charge in [0.1, 0.15) is 5.76 Å². The van der Waals surface area contributed by atoms with E-state index in [2.05, 4.69) is 15.5 Å². The minimum absolute atomic E-state index is 0.111. The van der Waals surface area contributed by atoms with Gasteiger partial charge >= 0.3 is 0 Å². The first-order valence-corrected chi connectivity index (χ1v) is 8.53. The first kappa shape index (κ1) is 14.9. The zero-order valence-corrected chi connectivity index (χ0v) is 13.4. The van der Waals surface area contributed by atoms with Crippen molar-refractivity contribution in [3.05, 3.63) is 41.3 Å². The maximum Gasteiger partial charge on any atom is 0.235 e. The molecule has 0 fully saturated rings. The van der Waals surface area contributed by atoms with Gasteiger partial charge in [0.05, 0.1) is 17.7 Å². The van der Waals surface area contributed by atoms with E-state index in [0.717, 1.165) is 16.5 Å². The molecule has 0 atom stereocenters. The second-order valence-electron chi connectivity index (χ2n) is 4.49. The van der Waals surface area contributed by atoms with Gasteiger partial charge in [-0.1, -0.05) is 5.16 Å². The molecule has 0 spiro atoms. The summed E-state index contributed by atoms with van der Waals surface area (Å²) in [5, 5.41) is 9.22. The van der Waals surface area contributed by atoms with Crippen LogP contribution in [0.5, 0.6) is 0 Å². The summed E-state index contributed by atoms with van der Waals surface area (Å²) in [6.07, 6.45) is 1.63. The Morgan fingerprint density at radius 3 is 3.14 bits per heavy atom. The van der Waals surface area contributed by atoms with Gasteiger partial charge in [-0.3, -0.25) is 4.79 Å². The number of thioether (sulfide) groups is 1. The molecule has 22 heavy (non-hydrogen) atoms. The Bertz CT molecular complexity index is 749. The number of carbonyl (C=O) groups excluding carboxylic acids is 1. The van der Waals surface area contributed by atoms with Gasteiger partial charge in [0.15, 0.2) is 16.6 Å². The zero-order valence-electron chi connectivity index (χ0n) is 11.7. The first-order chi connectivity index (χ1) is 10.7. The molecule has 114 valence electrons. The van der Waals surface area contributed by atoms with E-state index in [1.165, 1.54) is 23.1 Å². The van der Waals surface area contributed by atoms with E-state index >= 15 is 0 Å². The number of nitrogens with one attached hydrogen (secondary N) is 1. The van der Waals surface area contributed by atoms with E-state index in [4.69, 9.17) is 8.94 Å². The van der Waals surface area contributed by atoms with Gasteiger partial charge in [-0.05, 0) is 19.1 Å². The highest BCUT2D eigenvalue weighted by molar-refractivity contribution is 7.99. The summed E-state index contributed by atoms with van der Waals surface area (Å²) in [5.74, 6) is 2.76. The number of anilines is 1. The molecular weight excluding hydrogens is 322 g/mol. The van der Waals surface area contributed by atoms with Crippen LogP contribution >= 0.6 is 23.1 Å². The highest BCUT2D eigenvalue weighted by Crippen LogP contribution is 2.25. The van der Waals surface area contributed by atoms with Crippen molar-refractivity contribution in [1.29, 1.82) is 0 Å². The number of carbonyl (C=O) groups is 1. The quantitative estimate of drug-likeness (QED) is 0.741. The molecule has 0 aliphatic heterocycles. The lowest BCUT2D eigenvalue weighted by Crippen LogP contribution is -2.14. The molecule has 0 saturated carbocycles. The minimum Gasteiger partial charge on any atom is -0.462 e. The largest absolute Gasteiger partial charge is 0.462 e. The van der Waals surface area contributed by atoms with E-state index < -0.39 is 0 Å². The Labute approximate surface area is 134 Å². The summed E-state index contributed by atoms with van der Waals surface area (Å²) in [7, 11) is 0. The van der Waals surface area contributed by atoms with Crippen molar-refractivity contribution in [2.45, 2.75) is 12.7 Å². The van der Waals surface area contributed by atoms with Crippen LogP contribution in [0.3, 0.4) is 0 Å². The first-order valence-electron chi connectivity index (χ1n) is 6.50. The third-order valence-corrected chi connectivity index (χ3v) is 4.53. The summed E-state index contributed by atoms with van der Waals surface area (Å²) in [6, 6.07) is 5.39. The van der Waals surface area contributed by atoms with Crippen molar-refractivity contribution in [2.24, 2.45) is 0 Å². The van der Waals surface area contributed by atoms with Crippen molar-refractivity contribution in [3.63, 3.8) is 0 Å². The predicted molar refractivity (Wildman–Crippen MR) is 85.8 cm³/mol. The fourth-order valence-corrected chi connectivity index (χ4v) is 3.35. The minimum atomic E-state index is -0.111. The highest BCUT2D eigenvalue weighted by Gasteiger charge is 2.09. The average molecular weight is 335 g/mol. The van der Waals surface area contributed by atoms with E-state index in [-0.39, 0.29) is 5.91 Å². The van der Waals surface area contributed by atoms with E-state index in [9.17, 15) is 4.79 Å². The number of rotatable bonds is 6. The van der Waals surface area contributed by atoms with Crippen molar-refractivity contribution in [1.82, 2.24) is 10.1 Å². The van der Waals surface area contributed by atoms with Gasteiger partial charge in [0, 0.05) is 17.2 Å². The molecule has 6 nitrogen and oxygen atoms in total. The molecule has 0 aliphatic rings. The second kappa shape index (κ2) is 6.80. The van der Waals surface area contributed by atoms with E-state index in [1.54, 1.807) is 19.3 Å². The number of amides is 1. The molecule has 0 aliphatic carbocycles. The number of aryl methyl sites for hydroxylation is 1. The third kappa shape index (κ3) is 3.77. The topological polar surface area (TPSA) is 81.2 Å². The number of hydrogen-bond donors (Lipinski definition) is 1. The second-order valence-corrected chi connectivity index (χ2v) is 6.33. The van der Waals surface area contributed by atoms with Gasteiger partial charge in [-0.2, -0.15) is 0 Å². The molecule has 8 heteroatoms. The molecule has 0 bridgehead atoms. The number of thiazole rings is 1. The Balaban J connectivity index is 1.46. The normalized spacial score (nSPS) is 10.8. The summed E-state index contributed by atoms with van der Waals surface area (Å²) in [4.78, 5) is 16.2. The van der Waals surface area contributed by atoms with Crippen LogP contribution in [0.15, 0.2) is 38.8 Å². The van der Waals surface area contributed by atoms with E-state index in [0.29, 0.717) is 23.1 Å². The van der Waals surface area contributed by atoms with Crippen LogP contribution in [-0.2, 0) is 10.5 Å². The fourth-order valence-electron chi connectivity index (χ4n) is 1.74. The van der Waals surface area contributed by atoms with E-state index in [1.807, 2.05) is 17.5 Å². The Morgan fingerprint density at radius 2 is 2.41 bits per heavy atom. The van der Waals surface area contributed by atoms with Crippen LogP contribution < -0.4 is 5.32 Å². The van der Waals surface area contributed by atoms with Crippen molar-refractivity contribution < 1.29 is 13.7 Å². The molecule has 3 aromatic rings. The maximum absolute atomic E-state index is 11.8. The van der Waals surface area contributed by atoms with Crippen LogP contribution in [0.4, 0.5) is 5.82 Å². The molecule has 0 aromatic carbocycles. The summed E-state index contributed by atoms with van der Waals surface area (Å²) in [6.45, 7) is 1.77. The van der Waals surface area contributed by atoms with Crippen molar-refractivity contribution >= 4 is 34.8 Å². The van der Waals surface area contributed by atoms with Crippen LogP contribution in [0.2, 0.25) is 0 Å². The standard InChI is InChI=1S/C14H13N3O3S2/c1-9-5-12(17-20-9)16-13(18)8-21-6-10-7-22-14(15-10)11-3-2-4-19-11/h2-5,7H,6,8H2,1H3,(H,16,17,18). The zero-order chi connectivity index (χ0) is 15.4. The monoisotopic (exact) mass is 335 g/mol. The molecule has 3 aromatic heterocycles. The number of hydrogen-bond acceptors (Lipinski definition) is 7. The third-order valence-electron chi connectivity index (χ3n) is 2.66. The molecule has 3 heterocycles. The average Bonchev–Trinajstić information content (AvgIpc) is 3.20. The van der Waals surface area contributed by atoms with Crippen LogP contribution in [0.1, 0.15) is 11.5 Å². The lowest BCUT2D eigenvalue weighted by atomic mass is 10.5. The van der Waals surface area contributed by atoms with Gasteiger partial charge in [-0.15, -0.1) is 23.1 Å². The molecule has 1 N–H and O–H groups in total. The smallest absolute Gasteiger partial charge is 0.235 e. The SMILES string of the molecule is Cc1cc(NC(=O)CSCc2csc(-c3ccco3)n2)no1. The molecule has 1 amide bonds. The lowest BCUT2D eigenvalue weighted by Gasteiger charge is -2.00. The predicted octanol–water partition coefficient (Wildman–Crippen LogP) is 3.57. The van der Waals surface area contributed by atoms with Crippen LogP contribution in [0, 0.1) is 6.92 Å². The lowest BCUT2D eigenvalue weighted by molar-refractivity contribution is -0.113. The Kier molecular flexibility index (Phi) is 4.59. The van der Waals surface area contributed by atoms with Crippen LogP contribution in [-0.4, -0.2) is 21.8 Å². The van der Waals surface area contributed by atoms with Crippen LogP contribution in [0.25, 0.3) is 10.8 Å². The Morgan fingerprint density at radius 1 is 1.50 bits per heavy atom.